The number of aryl methyl sites for hydroxylation is 1. The van der Waals surface area contributed by atoms with Gasteiger partial charge in [-0.3, -0.25) is 19.7 Å². The van der Waals surface area contributed by atoms with Gasteiger partial charge in [-0.15, -0.1) is 0 Å². The normalized spacial score (nSPS) is 13.8. The first-order chi connectivity index (χ1) is 14.0. The fraction of sp³-hybridized carbons (Fsp3) is 0.333. The highest BCUT2D eigenvalue weighted by Gasteiger charge is 2.22. The van der Waals surface area contributed by atoms with Crippen LogP contribution in [0.2, 0.25) is 0 Å². The Morgan fingerprint density at radius 1 is 1.14 bits per heavy atom. The zero-order valence-corrected chi connectivity index (χ0v) is 16.2. The molecule has 3 rings (SSSR count). The number of ether oxygens (including phenoxy) is 1. The van der Waals surface area contributed by atoms with Crippen molar-refractivity contribution in [1.82, 2.24) is 4.90 Å². The van der Waals surface area contributed by atoms with Gasteiger partial charge in [0.05, 0.1) is 18.0 Å². The number of aldehydes is 1. The second kappa shape index (κ2) is 9.18. The van der Waals surface area contributed by atoms with Gasteiger partial charge < -0.3 is 14.5 Å². The molecule has 2 aromatic carbocycles. The number of hydrogen-bond donors (Lipinski definition) is 0. The molecule has 1 aliphatic rings. The Kier molecular flexibility index (Phi) is 6.43. The van der Waals surface area contributed by atoms with Crippen molar-refractivity contribution in [3.05, 3.63) is 63.7 Å². The number of carbonyl (C=O) groups is 2. The van der Waals surface area contributed by atoms with Gasteiger partial charge in [0.15, 0.2) is 5.75 Å². The van der Waals surface area contributed by atoms with Crippen molar-refractivity contribution in [3.63, 3.8) is 0 Å². The van der Waals surface area contributed by atoms with Crippen molar-refractivity contribution < 1.29 is 19.2 Å². The highest BCUT2D eigenvalue weighted by Crippen LogP contribution is 2.27. The number of rotatable bonds is 7. The summed E-state index contributed by atoms with van der Waals surface area (Å²) in [6.07, 6.45) is 0.979. The van der Waals surface area contributed by atoms with E-state index in [2.05, 4.69) is 4.90 Å². The molecule has 0 radical (unpaired) electrons. The Hall–Kier alpha value is -3.42. The first kappa shape index (κ1) is 20.3. The molecule has 8 heteroatoms. The lowest BCUT2D eigenvalue weighted by molar-refractivity contribution is -0.385. The van der Waals surface area contributed by atoms with Gasteiger partial charge in [-0.1, -0.05) is 6.07 Å². The zero-order chi connectivity index (χ0) is 20.8. The molecule has 0 saturated carbocycles. The molecule has 1 heterocycles. The number of nitro groups is 1. The minimum absolute atomic E-state index is 0.0317. The van der Waals surface area contributed by atoms with E-state index in [1.165, 1.54) is 6.07 Å². The molecule has 0 bridgehead atoms. The van der Waals surface area contributed by atoms with Gasteiger partial charge in [0.2, 0.25) is 5.91 Å². The summed E-state index contributed by atoms with van der Waals surface area (Å²) < 4.78 is 5.50. The molecule has 0 unspecified atom stereocenters. The van der Waals surface area contributed by atoms with Crippen molar-refractivity contribution in [2.75, 3.05) is 37.7 Å². The largest absolute Gasteiger partial charge is 0.486 e. The van der Waals surface area contributed by atoms with Gasteiger partial charge in [-0.25, -0.2) is 0 Å². The van der Waals surface area contributed by atoms with E-state index < -0.39 is 4.92 Å². The lowest BCUT2D eigenvalue weighted by atomic mass is 10.2. The summed E-state index contributed by atoms with van der Waals surface area (Å²) in [5.41, 5.74) is 2.35. The van der Waals surface area contributed by atoms with Crippen LogP contribution in [0, 0.1) is 17.0 Å². The number of carbonyl (C=O) groups excluding carboxylic acids is 2. The Bertz CT molecular complexity index is 890. The maximum atomic E-state index is 12.4. The predicted molar refractivity (Wildman–Crippen MR) is 109 cm³/mol. The number of amides is 1. The van der Waals surface area contributed by atoms with E-state index in [1.807, 2.05) is 12.1 Å². The Morgan fingerprint density at radius 2 is 1.83 bits per heavy atom. The van der Waals surface area contributed by atoms with Gasteiger partial charge in [0.1, 0.15) is 6.29 Å². The van der Waals surface area contributed by atoms with Crippen molar-refractivity contribution in [3.8, 4) is 5.75 Å². The molecule has 1 saturated heterocycles. The van der Waals surface area contributed by atoms with Gasteiger partial charge >= 0.3 is 5.69 Å². The summed E-state index contributed by atoms with van der Waals surface area (Å²) in [6, 6.07) is 12.1. The third-order valence-corrected chi connectivity index (χ3v) is 4.91. The summed E-state index contributed by atoms with van der Waals surface area (Å²) in [5, 5.41) is 11.1. The molecule has 2 aromatic rings. The highest BCUT2D eigenvalue weighted by atomic mass is 16.6. The average Bonchev–Trinajstić information content (AvgIpc) is 2.74. The summed E-state index contributed by atoms with van der Waals surface area (Å²) >= 11 is 0. The zero-order valence-electron chi connectivity index (χ0n) is 16.2. The number of anilines is 1. The molecular weight excluding hydrogens is 374 g/mol. The molecule has 29 heavy (non-hydrogen) atoms. The summed E-state index contributed by atoms with van der Waals surface area (Å²) in [5.74, 6) is 0.146. The average molecular weight is 397 g/mol. The van der Waals surface area contributed by atoms with E-state index in [1.54, 1.807) is 36.1 Å². The molecule has 1 fully saturated rings. The maximum absolute atomic E-state index is 12.4. The second-order valence-electron chi connectivity index (χ2n) is 6.90. The van der Waals surface area contributed by atoms with Crippen LogP contribution in [0.25, 0.3) is 0 Å². The van der Waals surface area contributed by atoms with Crippen LogP contribution in [-0.2, 0) is 4.79 Å². The first-order valence-corrected chi connectivity index (χ1v) is 9.44. The standard InChI is InChI=1S/C21H23N3O5/c1-16-2-7-20(19(14-16)24(27)28)29-13-8-21(26)23-11-9-22(10-12-23)18-5-3-17(15-25)4-6-18/h2-7,14-15H,8-13H2,1H3. The van der Waals surface area contributed by atoms with Crippen LogP contribution >= 0.6 is 0 Å². The Balaban J connectivity index is 1.48. The molecule has 0 aliphatic carbocycles. The van der Waals surface area contributed by atoms with Crippen LogP contribution < -0.4 is 9.64 Å². The monoisotopic (exact) mass is 397 g/mol. The van der Waals surface area contributed by atoms with E-state index in [-0.39, 0.29) is 30.4 Å². The molecule has 8 nitrogen and oxygen atoms in total. The SMILES string of the molecule is Cc1ccc(OCCC(=O)N2CCN(c3ccc(C=O)cc3)CC2)c([N+](=O)[O-])c1. The molecule has 0 atom stereocenters. The molecule has 152 valence electrons. The summed E-state index contributed by atoms with van der Waals surface area (Å²) in [7, 11) is 0. The van der Waals surface area contributed by atoms with Gasteiger partial charge in [-0.05, 0) is 42.8 Å². The van der Waals surface area contributed by atoms with E-state index in [4.69, 9.17) is 4.74 Å². The lowest BCUT2D eigenvalue weighted by Crippen LogP contribution is -2.49. The predicted octanol–water partition coefficient (Wildman–Crippen LogP) is 2.83. The Morgan fingerprint density at radius 3 is 2.45 bits per heavy atom. The van der Waals surface area contributed by atoms with Crippen molar-refractivity contribution in [2.45, 2.75) is 13.3 Å². The van der Waals surface area contributed by atoms with E-state index >= 15 is 0 Å². The fourth-order valence-corrected chi connectivity index (χ4v) is 3.28. The van der Waals surface area contributed by atoms with Crippen LogP contribution in [0.4, 0.5) is 11.4 Å². The number of piperazine rings is 1. The Labute approximate surface area is 168 Å². The van der Waals surface area contributed by atoms with Gasteiger partial charge in [0.25, 0.3) is 0 Å². The fourth-order valence-electron chi connectivity index (χ4n) is 3.28. The summed E-state index contributed by atoms with van der Waals surface area (Å²) in [4.78, 5) is 37.8. The van der Waals surface area contributed by atoms with Crippen LogP contribution in [-0.4, -0.2) is 54.8 Å². The molecular formula is C21H23N3O5. The topological polar surface area (TPSA) is 93.0 Å². The van der Waals surface area contributed by atoms with Gasteiger partial charge in [0, 0.05) is 43.5 Å². The van der Waals surface area contributed by atoms with Crippen molar-refractivity contribution in [1.29, 1.82) is 0 Å². The number of nitrogens with zero attached hydrogens (tertiary/aromatic N) is 3. The second-order valence-corrected chi connectivity index (χ2v) is 6.90. The van der Waals surface area contributed by atoms with Crippen LogP contribution in [0.1, 0.15) is 22.3 Å². The van der Waals surface area contributed by atoms with E-state index in [0.717, 1.165) is 17.5 Å². The molecule has 1 amide bonds. The minimum Gasteiger partial charge on any atom is -0.486 e. The van der Waals surface area contributed by atoms with Crippen molar-refractivity contribution >= 4 is 23.6 Å². The van der Waals surface area contributed by atoms with E-state index in [9.17, 15) is 19.7 Å². The van der Waals surface area contributed by atoms with Gasteiger partial charge in [-0.2, -0.15) is 0 Å². The number of nitro benzene ring substituents is 1. The molecule has 1 aliphatic heterocycles. The van der Waals surface area contributed by atoms with Crippen LogP contribution in [0.3, 0.4) is 0 Å². The van der Waals surface area contributed by atoms with E-state index in [0.29, 0.717) is 31.7 Å². The molecule has 0 aromatic heterocycles. The number of benzene rings is 2. The third kappa shape index (κ3) is 5.10. The number of hydrogen-bond acceptors (Lipinski definition) is 6. The third-order valence-electron chi connectivity index (χ3n) is 4.91. The summed E-state index contributed by atoms with van der Waals surface area (Å²) in [6.45, 7) is 4.47. The first-order valence-electron chi connectivity index (χ1n) is 9.44. The van der Waals surface area contributed by atoms with Crippen molar-refractivity contribution in [2.24, 2.45) is 0 Å². The van der Waals surface area contributed by atoms with Crippen LogP contribution in [0.15, 0.2) is 42.5 Å². The molecule has 0 spiro atoms. The maximum Gasteiger partial charge on any atom is 0.311 e. The minimum atomic E-state index is -0.481. The smallest absolute Gasteiger partial charge is 0.311 e. The molecule has 0 N–H and O–H groups in total. The van der Waals surface area contributed by atoms with Crippen LogP contribution in [0.5, 0.6) is 5.75 Å². The highest BCUT2D eigenvalue weighted by molar-refractivity contribution is 5.77. The quantitative estimate of drug-likeness (QED) is 0.405. The lowest BCUT2D eigenvalue weighted by Gasteiger charge is -2.36.